The fraction of sp³-hybridized carbons (Fsp3) is 0.214. The number of hydrogen-bond donors (Lipinski definition) is 1. The number of nitro groups is 1. The van der Waals surface area contributed by atoms with Crippen LogP contribution in [0, 0.1) is 10.1 Å². The predicted octanol–water partition coefficient (Wildman–Crippen LogP) is 3.69. The fourth-order valence-electron chi connectivity index (χ4n) is 4.63. The lowest BCUT2D eigenvalue weighted by molar-refractivity contribution is -0.384. The largest absolute Gasteiger partial charge is 0.486 e. The topological polar surface area (TPSA) is 150 Å². The van der Waals surface area contributed by atoms with Gasteiger partial charge in [0, 0.05) is 36.5 Å². The Kier molecular flexibility index (Phi) is 7.56. The van der Waals surface area contributed by atoms with Crippen LogP contribution in [-0.2, 0) is 14.8 Å². The quantitative estimate of drug-likeness (QED) is 0.184. The number of hydrazone groups is 1. The summed E-state index contributed by atoms with van der Waals surface area (Å²) in [4.78, 5) is 11.1. The molecule has 4 aromatic rings. The summed E-state index contributed by atoms with van der Waals surface area (Å²) < 4.78 is 45.6. The molecule has 0 bridgehead atoms. The predicted molar refractivity (Wildman–Crippen MR) is 154 cm³/mol. The minimum absolute atomic E-state index is 0.0357. The summed E-state index contributed by atoms with van der Waals surface area (Å²) in [5, 5.41) is 20.9. The van der Waals surface area contributed by atoms with Crippen LogP contribution in [0.2, 0.25) is 0 Å². The van der Waals surface area contributed by atoms with Gasteiger partial charge in [0.25, 0.3) is 5.69 Å². The van der Waals surface area contributed by atoms with Crippen molar-refractivity contribution in [2.24, 2.45) is 5.10 Å². The third-order valence-corrected chi connectivity index (χ3v) is 8.64. The third kappa shape index (κ3) is 5.54. The molecule has 2 aliphatic heterocycles. The molecule has 13 nitrogen and oxygen atoms in total. The van der Waals surface area contributed by atoms with E-state index in [1.54, 1.807) is 10.9 Å². The van der Waals surface area contributed by atoms with Crippen molar-refractivity contribution in [3.05, 3.63) is 88.6 Å². The van der Waals surface area contributed by atoms with E-state index in [9.17, 15) is 18.5 Å². The summed E-state index contributed by atoms with van der Waals surface area (Å²) in [5.74, 6) is 1.26. The normalized spacial score (nSPS) is 15.5. The van der Waals surface area contributed by atoms with Gasteiger partial charge in [-0.1, -0.05) is 18.2 Å². The molecule has 0 spiro atoms. The number of aromatic nitrogens is 2. The van der Waals surface area contributed by atoms with Crippen molar-refractivity contribution in [1.29, 1.82) is 0 Å². The standard InChI is InChI=1S/C28H26N6O7S/c35-34(36)25-17-23(42(37,38)32-10-12-39-13-11-32)7-8-24(25)30-29-18-21-19-33(22-4-2-1-3-5-22)31-28(21)20-6-9-26-27(16-20)41-15-14-40-26/h1-9,16-19,30H,10-15H2. The average Bonchev–Trinajstić information content (AvgIpc) is 3.46. The number of anilines is 1. The number of nitrogens with zero attached hydrogens (tertiary/aromatic N) is 5. The fourth-order valence-corrected chi connectivity index (χ4v) is 6.06. The number of nitro benzene ring substituents is 1. The van der Waals surface area contributed by atoms with Crippen molar-refractivity contribution in [3.8, 4) is 28.4 Å². The summed E-state index contributed by atoms with van der Waals surface area (Å²) in [6.45, 7) is 1.82. The molecule has 1 N–H and O–H groups in total. The second kappa shape index (κ2) is 11.6. The van der Waals surface area contributed by atoms with Crippen LogP contribution in [0.25, 0.3) is 16.9 Å². The Bertz CT molecular complexity index is 1750. The van der Waals surface area contributed by atoms with Gasteiger partial charge in [-0.3, -0.25) is 15.5 Å². The zero-order valence-corrected chi connectivity index (χ0v) is 23.1. The van der Waals surface area contributed by atoms with Crippen LogP contribution >= 0.6 is 0 Å². The van der Waals surface area contributed by atoms with Gasteiger partial charge in [-0.2, -0.15) is 14.5 Å². The SMILES string of the molecule is O=[N+]([O-])c1cc(S(=O)(=O)N2CCOCC2)ccc1NN=Cc1cn(-c2ccccc2)nc1-c1ccc2c(c1)OCCO2. The first-order valence-electron chi connectivity index (χ1n) is 13.1. The van der Waals surface area contributed by atoms with Crippen molar-refractivity contribution in [2.45, 2.75) is 4.90 Å². The van der Waals surface area contributed by atoms with Crippen LogP contribution in [0.5, 0.6) is 11.5 Å². The van der Waals surface area contributed by atoms with Crippen molar-refractivity contribution in [3.63, 3.8) is 0 Å². The molecule has 1 aromatic heterocycles. The number of rotatable bonds is 8. The molecule has 14 heteroatoms. The highest BCUT2D eigenvalue weighted by Crippen LogP contribution is 2.35. The highest BCUT2D eigenvalue weighted by Gasteiger charge is 2.29. The smallest absolute Gasteiger partial charge is 0.295 e. The van der Waals surface area contributed by atoms with Gasteiger partial charge in [0.15, 0.2) is 11.5 Å². The molecule has 0 atom stereocenters. The zero-order chi connectivity index (χ0) is 29.1. The Morgan fingerprint density at radius 2 is 1.71 bits per heavy atom. The van der Waals surface area contributed by atoms with Gasteiger partial charge in [0.1, 0.15) is 24.6 Å². The Morgan fingerprint density at radius 3 is 2.48 bits per heavy atom. The number of hydrogen-bond acceptors (Lipinski definition) is 10. The second-order valence-electron chi connectivity index (χ2n) is 9.39. The van der Waals surface area contributed by atoms with Gasteiger partial charge in [0.2, 0.25) is 10.0 Å². The van der Waals surface area contributed by atoms with Crippen molar-refractivity contribution >= 4 is 27.6 Å². The number of morpholine rings is 1. The molecule has 0 amide bonds. The van der Waals surface area contributed by atoms with E-state index >= 15 is 0 Å². The van der Waals surface area contributed by atoms with E-state index in [-0.39, 0.29) is 36.9 Å². The second-order valence-corrected chi connectivity index (χ2v) is 11.3. The first kappa shape index (κ1) is 27.4. The number of ether oxygens (including phenoxy) is 3. The lowest BCUT2D eigenvalue weighted by atomic mass is 10.1. The maximum atomic E-state index is 13.0. The van der Waals surface area contributed by atoms with Crippen LogP contribution in [0.1, 0.15) is 5.56 Å². The van der Waals surface area contributed by atoms with E-state index in [1.165, 1.54) is 22.7 Å². The summed E-state index contributed by atoms with van der Waals surface area (Å²) in [7, 11) is -3.91. The van der Waals surface area contributed by atoms with Crippen LogP contribution in [0.15, 0.2) is 82.9 Å². The van der Waals surface area contributed by atoms with Crippen molar-refractivity contribution < 1.29 is 27.6 Å². The van der Waals surface area contributed by atoms with Gasteiger partial charge >= 0.3 is 0 Å². The molecule has 1 fully saturated rings. The third-order valence-electron chi connectivity index (χ3n) is 6.74. The zero-order valence-electron chi connectivity index (χ0n) is 22.3. The molecule has 0 unspecified atom stereocenters. The molecule has 1 saturated heterocycles. The van der Waals surface area contributed by atoms with Gasteiger partial charge in [-0.15, -0.1) is 0 Å². The summed E-state index contributed by atoms with van der Waals surface area (Å²) in [5.41, 5.74) is 5.12. The Morgan fingerprint density at radius 1 is 0.952 bits per heavy atom. The van der Waals surface area contributed by atoms with Gasteiger partial charge in [-0.25, -0.2) is 13.1 Å². The van der Waals surface area contributed by atoms with E-state index in [0.29, 0.717) is 36.0 Å². The van der Waals surface area contributed by atoms with Crippen LogP contribution in [-0.4, -0.2) is 73.2 Å². The van der Waals surface area contributed by atoms with Crippen LogP contribution in [0.3, 0.4) is 0 Å². The molecule has 42 heavy (non-hydrogen) atoms. The van der Waals surface area contributed by atoms with E-state index in [4.69, 9.17) is 19.3 Å². The maximum absolute atomic E-state index is 13.0. The molecular formula is C28H26N6O7S. The Labute approximate surface area is 241 Å². The lowest BCUT2D eigenvalue weighted by Crippen LogP contribution is -2.40. The van der Waals surface area contributed by atoms with Crippen molar-refractivity contribution in [1.82, 2.24) is 14.1 Å². The van der Waals surface area contributed by atoms with E-state index < -0.39 is 20.6 Å². The number of para-hydroxylation sites is 1. The summed E-state index contributed by atoms with van der Waals surface area (Å²) in [6.07, 6.45) is 3.29. The number of sulfonamides is 1. The molecule has 0 aliphatic carbocycles. The van der Waals surface area contributed by atoms with Gasteiger partial charge < -0.3 is 14.2 Å². The van der Waals surface area contributed by atoms with Crippen LogP contribution < -0.4 is 14.9 Å². The molecule has 6 rings (SSSR count). The van der Waals surface area contributed by atoms with Gasteiger partial charge in [0.05, 0.1) is 34.9 Å². The highest BCUT2D eigenvalue weighted by atomic mass is 32.2. The van der Waals surface area contributed by atoms with Crippen molar-refractivity contribution in [2.75, 3.05) is 44.9 Å². The Balaban J connectivity index is 1.31. The lowest BCUT2D eigenvalue weighted by Gasteiger charge is -2.26. The Hall–Kier alpha value is -4.79. The maximum Gasteiger partial charge on any atom is 0.295 e. The first-order chi connectivity index (χ1) is 20.4. The first-order valence-corrected chi connectivity index (χ1v) is 14.5. The summed E-state index contributed by atoms with van der Waals surface area (Å²) in [6, 6.07) is 18.8. The molecule has 216 valence electrons. The van der Waals surface area contributed by atoms with Crippen LogP contribution in [0.4, 0.5) is 11.4 Å². The minimum atomic E-state index is -3.91. The molecule has 0 radical (unpaired) electrons. The average molecular weight is 591 g/mol. The number of fused-ring (bicyclic) bond motifs is 1. The van der Waals surface area contributed by atoms with Gasteiger partial charge in [-0.05, 0) is 42.5 Å². The number of benzene rings is 3. The van der Waals surface area contributed by atoms with E-state index in [2.05, 4.69) is 10.5 Å². The molecule has 3 heterocycles. The molecular weight excluding hydrogens is 564 g/mol. The monoisotopic (exact) mass is 590 g/mol. The van der Waals surface area contributed by atoms with E-state index in [1.807, 2.05) is 48.5 Å². The molecule has 0 saturated carbocycles. The molecule has 2 aliphatic rings. The van der Waals surface area contributed by atoms with E-state index in [0.717, 1.165) is 17.3 Å². The molecule has 3 aromatic carbocycles. The summed E-state index contributed by atoms with van der Waals surface area (Å²) >= 11 is 0. The number of nitrogens with one attached hydrogen (secondary N) is 1. The minimum Gasteiger partial charge on any atom is -0.486 e. The highest BCUT2D eigenvalue weighted by molar-refractivity contribution is 7.89.